The van der Waals surface area contributed by atoms with Gasteiger partial charge in [0, 0.05) is 0 Å². The summed E-state index contributed by atoms with van der Waals surface area (Å²) in [5.74, 6) is 0.539. The van der Waals surface area contributed by atoms with Gasteiger partial charge in [-0.15, -0.1) is 5.10 Å². The summed E-state index contributed by atoms with van der Waals surface area (Å²) in [6.07, 6.45) is 10.5. The number of hydrogen-bond donors (Lipinski definition) is 0. The number of nitrogens with zero attached hydrogens (tertiary/aromatic N) is 4. The lowest BCUT2D eigenvalue weighted by Crippen LogP contribution is -2.30. The van der Waals surface area contributed by atoms with E-state index in [-0.39, 0.29) is 11.3 Å². The maximum Gasteiger partial charge on any atom is 0.169 e. The summed E-state index contributed by atoms with van der Waals surface area (Å²) in [5.41, 5.74) is 0. The molecular weight excluding hydrogens is 300 g/mol. The van der Waals surface area contributed by atoms with Crippen molar-refractivity contribution in [1.29, 1.82) is 0 Å². The maximum atomic E-state index is 12.9. The molecule has 0 saturated heterocycles. The summed E-state index contributed by atoms with van der Waals surface area (Å²) in [4.78, 5) is 0. The normalized spacial score (nSPS) is 23.5. The summed E-state index contributed by atoms with van der Waals surface area (Å²) in [5, 5.41) is 11.1. The first kappa shape index (κ1) is 15.9. The van der Waals surface area contributed by atoms with Crippen LogP contribution in [0.1, 0.15) is 88.2 Å². The second-order valence-electron chi connectivity index (χ2n) is 6.76. The molecule has 0 bridgehead atoms. The highest BCUT2D eigenvalue weighted by molar-refractivity contribution is 7.92. The largest absolute Gasteiger partial charge is 0.228 e. The van der Waals surface area contributed by atoms with E-state index in [1.165, 1.54) is 19.3 Å². The zero-order valence-corrected chi connectivity index (χ0v) is 14.1. The molecule has 1 heterocycles. The van der Waals surface area contributed by atoms with E-state index in [1.807, 2.05) is 0 Å². The molecule has 0 spiro atoms. The molecule has 3 rings (SSSR count). The van der Waals surface area contributed by atoms with E-state index in [1.54, 1.807) is 11.6 Å². The van der Waals surface area contributed by atoms with Gasteiger partial charge >= 0.3 is 0 Å². The topological polar surface area (TPSA) is 77.7 Å². The summed E-state index contributed by atoms with van der Waals surface area (Å²) in [7, 11) is -3.21. The molecule has 2 aliphatic carbocycles. The molecule has 1 atom stereocenters. The molecule has 0 amide bonds. The first-order chi connectivity index (χ1) is 10.6. The lowest BCUT2D eigenvalue weighted by molar-refractivity contribution is 0.316. The van der Waals surface area contributed by atoms with Gasteiger partial charge in [-0.2, -0.15) is 0 Å². The Morgan fingerprint density at radius 1 is 1.00 bits per heavy atom. The fourth-order valence-electron chi connectivity index (χ4n) is 3.88. The summed E-state index contributed by atoms with van der Waals surface area (Å²) in [6, 6.07) is 0.266. The summed E-state index contributed by atoms with van der Waals surface area (Å²) in [6.45, 7) is 1.76. The van der Waals surface area contributed by atoms with Crippen LogP contribution in [-0.4, -0.2) is 33.9 Å². The Labute approximate surface area is 132 Å². The summed E-state index contributed by atoms with van der Waals surface area (Å²) < 4.78 is 27.6. The van der Waals surface area contributed by atoms with Crippen LogP contribution in [0.5, 0.6) is 0 Å². The van der Waals surface area contributed by atoms with Crippen molar-refractivity contribution in [2.45, 2.75) is 87.7 Å². The average Bonchev–Trinajstić information content (AvgIpc) is 3.05. The van der Waals surface area contributed by atoms with Crippen LogP contribution in [0, 0.1) is 0 Å². The first-order valence-corrected chi connectivity index (χ1v) is 10.2. The Balaban J connectivity index is 1.82. The van der Waals surface area contributed by atoms with E-state index in [0.717, 1.165) is 44.9 Å². The quantitative estimate of drug-likeness (QED) is 0.850. The van der Waals surface area contributed by atoms with Crippen LogP contribution in [0.25, 0.3) is 0 Å². The van der Waals surface area contributed by atoms with E-state index in [0.29, 0.717) is 5.82 Å². The van der Waals surface area contributed by atoms with E-state index in [9.17, 15) is 8.42 Å². The lowest BCUT2D eigenvalue weighted by atomic mass is 9.95. The van der Waals surface area contributed by atoms with Crippen molar-refractivity contribution < 1.29 is 8.42 Å². The van der Waals surface area contributed by atoms with Gasteiger partial charge in [0.1, 0.15) is 5.25 Å². The number of aromatic nitrogens is 4. The average molecular weight is 326 g/mol. The molecule has 2 fully saturated rings. The smallest absolute Gasteiger partial charge is 0.169 e. The first-order valence-electron chi connectivity index (χ1n) is 8.61. The Kier molecular flexibility index (Phi) is 4.80. The second kappa shape index (κ2) is 6.64. The molecule has 0 N–H and O–H groups in total. The summed E-state index contributed by atoms with van der Waals surface area (Å²) >= 11 is 0. The highest BCUT2D eigenvalue weighted by atomic mass is 32.2. The number of tetrazole rings is 1. The van der Waals surface area contributed by atoms with Gasteiger partial charge in [0.25, 0.3) is 0 Å². The molecule has 124 valence electrons. The third kappa shape index (κ3) is 3.05. The molecule has 6 nitrogen and oxygen atoms in total. The van der Waals surface area contributed by atoms with Crippen LogP contribution >= 0.6 is 0 Å². The Hall–Kier alpha value is -0.980. The third-order valence-corrected chi connectivity index (χ3v) is 7.91. The van der Waals surface area contributed by atoms with Gasteiger partial charge < -0.3 is 0 Å². The monoisotopic (exact) mass is 326 g/mol. The van der Waals surface area contributed by atoms with Crippen molar-refractivity contribution in [3.63, 3.8) is 0 Å². The lowest BCUT2D eigenvalue weighted by Gasteiger charge is -2.27. The van der Waals surface area contributed by atoms with E-state index in [4.69, 9.17) is 0 Å². The number of rotatable bonds is 4. The van der Waals surface area contributed by atoms with Crippen molar-refractivity contribution >= 4 is 9.84 Å². The third-order valence-electron chi connectivity index (χ3n) is 5.31. The van der Waals surface area contributed by atoms with E-state index in [2.05, 4.69) is 15.5 Å². The minimum atomic E-state index is -3.21. The van der Waals surface area contributed by atoms with Gasteiger partial charge in [0.2, 0.25) is 0 Å². The molecule has 0 aliphatic heterocycles. The van der Waals surface area contributed by atoms with Crippen molar-refractivity contribution in [2.24, 2.45) is 0 Å². The highest BCUT2D eigenvalue weighted by Crippen LogP contribution is 2.34. The molecular formula is C15H26N4O2S. The molecule has 0 unspecified atom stereocenters. The molecule has 1 aromatic rings. The van der Waals surface area contributed by atoms with Gasteiger partial charge in [-0.05, 0) is 43.0 Å². The predicted octanol–water partition coefficient (Wildman–Crippen LogP) is 2.99. The molecule has 0 aromatic carbocycles. The predicted molar refractivity (Wildman–Crippen MR) is 84.1 cm³/mol. The van der Waals surface area contributed by atoms with Gasteiger partial charge in [-0.3, -0.25) is 0 Å². The fourth-order valence-corrected chi connectivity index (χ4v) is 5.90. The van der Waals surface area contributed by atoms with Gasteiger partial charge in [-0.1, -0.05) is 38.5 Å². The van der Waals surface area contributed by atoms with Gasteiger partial charge in [0.15, 0.2) is 15.7 Å². The minimum absolute atomic E-state index is 0.215. The van der Waals surface area contributed by atoms with Gasteiger partial charge in [0.05, 0.1) is 11.3 Å². The van der Waals surface area contributed by atoms with Crippen LogP contribution < -0.4 is 0 Å². The van der Waals surface area contributed by atoms with Crippen LogP contribution in [0.3, 0.4) is 0 Å². The fraction of sp³-hybridized carbons (Fsp3) is 0.933. The van der Waals surface area contributed by atoms with E-state index >= 15 is 0 Å². The Morgan fingerprint density at radius 3 is 2.23 bits per heavy atom. The zero-order valence-electron chi connectivity index (χ0n) is 13.3. The van der Waals surface area contributed by atoms with E-state index < -0.39 is 15.1 Å². The standard InChI is InChI=1S/C15H26N4O2S/c1-12(22(20,21)14-10-6-3-7-11-14)15-16-17-18-19(15)13-8-4-2-5-9-13/h12-14H,2-11H2,1H3/t12-/m0/s1. The van der Waals surface area contributed by atoms with Crippen molar-refractivity contribution in [2.75, 3.05) is 0 Å². The Morgan fingerprint density at radius 2 is 1.59 bits per heavy atom. The van der Waals surface area contributed by atoms with Crippen LogP contribution in [0.15, 0.2) is 0 Å². The molecule has 1 aromatic heterocycles. The van der Waals surface area contributed by atoms with Crippen molar-refractivity contribution in [1.82, 2.24) is 20.2 Å². The SMILES string of the molecule is C[C@@H](c1nnnn1C1CCCCC1)S(=O)(=O)C1CCCCC1. The maximum absolute atomic E-state index is 12.9. The van der Waals surface area contributed by atoms with Gasteiger partial charge in [-0.25, -0.2) is 13.1 Å². The Bertz CT molecular complexity index is 586. The molecule has 2 saturated carbocycles. The molecule has 7 heteroatoms. The minimum Gasteiger partial charge on any atom is -0.228 e. The number of hydrogen-bond acceptors (Lipinski definition) is 5. The zero-order chi connectivity index (χ0) is 15.6. The van der Waals surface area contributed by atoms with Crippen LogP contribution in [0.4, 0.5) is 0 Å². The number of sulfone groups is 1. The van der Waals surface area contributed by atoms with Crippen molar-refractivity contribution in [3.05, 3.63) is 5.82 Å². The molecule has 2 aliphatic rings. The molecule has 0 radical (unpaired) electrons. The van der Waals surface area contributed by atoms with Crippen molar-refractivity contribution in [3.8, 4) is 0 Å². The molecule has 22 heavy (non-hydrogen) atoms. The van der Waals surface area contributed by atoms with Crippen LogP contribution in [0.2, 0.25) is 0 Å². The second-order valence-corrected chi connectivity index (χ2v) is 9.32. The van der Waals surface area contributed by atoms with Crippen LogP contribution in [-0.2, 0) is 9.84 Å². The highest BCUT2D eigenvalue weighted by Gasteiger charge is 2.37.